The fraction of sp³-hybridized carbons (Fsp3) is 0.500. The van der Waals surface area contributed by atoms with E-state index in [0.29, 0.717) is 17.1 Å². The fourth-order valence-electron chi connectivity index (χ4n) is 2.77. The predicted molar refractivity (Wildman–Crippen MR) is 81.7 cm³/mol. The number of amides is 1. The molecule has 1 amide bonds. The van der Waals surface area contributed by atoms with E-state index in [1.54, 1.807) is 12.1 Å². The van der Waals surface area contributed by atoms with Crippen LogP contribution in [0.5, 0.6) is 11.5 Å². The van der Waals surface area contributed by atoms with Crippen molar-refractivity contribution in [1.82, 2.24) is 4.90 Å². The molecule has 0 aromatic heterocycles. The molecular formula is C16H21NO6. The van der Waals surface area contributed by atoms with Gasteiger partial charge in [0.15, 0.2) is 0 Å². The van der Waals surface area contributed by atoms with Gasteiger partial charge in [-0.25, -0.2) is 4.79 Å². The van der Waals surface area contributed by atoms with Gasteiger partial charge in [-0.2, -0.15) is 0 Å². The molecule has 2 atom stereocenters. The number of carbonyl (C=O) groups excluding carboxylic acids is 2. The van der Waals surface area contributed by atoms with Crippen molar-refractivity contribution in [3.63, 3.8) is 0 Å². The maximum atomic E-state index is 12.8. The largest absolute Gasteiger partial charge is 0.496 e. The Morgan fingerprint density at radius 1 is 1.17 bits per heavy atom. The highest BCUT2D eigenvalue weighted by atomic mass is 16.5. The summed E-state index contributed by atoms with van der Waals surface area (Å²) >= 11 is 0. The van der Waals surface area contributed by atoms with Crippen LogP contribution in [0.15, 0.2) is 12.1 Å². The SMILES string of the molecule is COC(=O)[C@@H]1CC(O)CN1C(=O)c1cc(OC)c(C)c(OC)c1. The Morgan fingerprint density at radius 2 is 1.74 bits per heavy atom. The number of benzene rings is 1. The number of rotatable bonds is 4. The van der Waals surface area contributed by atoms with Crippen LogP contribution in [0.3, 0.4) is 0 Å². The van der Waals surface area contributed by atoms with Crippen molar-refractivity contribution in [1.29, 1.82) is 0 Å². The molecule has 1 fully saturated rings. The standard InChI is InChI=1S/C16H21NO6/c1-9-13(21-2)5-10(6-14(9)22-3)15(19)17-8-11(18)7-12(17)16(20)23-4/h5-6,11-12,18H,7-8H2,1-4H3/t11?,12-/m0/s1. The molecular weight excluding hydrogens is 302 g/mol. The molecule has 7 nitrogen and oxygen atoms in total. The van der Waals surface area contributed by atoms with Gasteiger partial charge >= 0.3 is 5.97 Å². The minimum atomic E-state index is -0.791. The second-order valence-corrected chi connectivity index (χ2v) is 5.39. The molecule has 23 heavy (non-hydrogen) atoms. The van der Waals surface area contributed by atoms with E-state index in [0.717, 1.165) is 5.56 Å². The summed E-state index contributed by atoms with van der Waals surface area (Å²) in [6.07, 6.45) is -0.587. The highest BCUT2D eigenvalue weighted by Crippen LogP contribution is 2.31. The highest BCUT2D eigenvalue weighted by molar-refractivity contribution is 5.98. The number of hydrogen-bond acceptors (Lipinski definition) is 6. The molecule has 2 rings (SSSR count). The maximum absolute atomic E-state index is 12.8. The van der Waals surface area contributed by atoms with Crippen LogP contribution in [0.2, 0.25) is 0 Å². The van der Waals surface area contributed by atoms with Gasteiger partial charge in [0.05, 0.1) is 27.4 Å². The van der Waals surface area contributed by atoms with Crippen LogP contribution in [0.1, 0.15) is 22.3 Å². The zero-order valence-corrected chi connectivity index (χ0v) is 13.7. The predicted octanol–water partition coefficient (Wildman–Crippen LogP) is 0.761. The number of aliphatic hydroxyl groups is 1. The summed E-state index contributed by atoms with van der Waals surface area (Å²) in [5, 5.41) is 9.80. The van der Waals surface area contributed by atoms with Gasteiger partial charge in [0.1, 0.15) is 17.5 Å². The molecule has 0 bridgehead atoms. The molecule has 1 N–H and O–H groups in total. The van der Waals surface area contributed by atoms with Gasteiger partial charge in [0, 0.05) is 24.1 Å². The molecule has 0 radical (unpaired) electrons. The minimum absolute atomic E-state index is 0.0805. The Morgan fingerprint density at radius 3 is 2.22 bits per heavy atom. The number of esters is 1. The first-order valence-electron chi connectivity index (χ1n) is 7.22. The van der Waals surface area contributed by atoms with Crippen LogP contribution < -0.4 is 9.47 Å². The van der Waals surface area contributed by atoms with Crippen molar-refractivity contribution in [3.8, 4) is 11.5 Å². The van der Waals surface area contributed by atoms with Gasteiger partial charge in [0.25, 0.3) is 5.91 Å². The Bertz CT molecular complexity index is 590. The number of likely N-dealkylation sites (tertiary alicyclic amines) is 1. The Labute approximate surface area is 134 Å². The number of nitrogens with zero attached hydrogens (tertiary/aromatic N) is 1. The number of hydrogen-bond donors (Lipinski definition) is 1. The van der Waals surface area contributed by atoms with Crippen LogP contribution in [-0.2, 0) is 9.53 Å². The summed E-state index contributed by atoms with van der Waals surface area (Å²) in [6.45, 7) is 1.90. The lowest BCUT2D eigenvalue weighted by atomic mass is 10.1. The Kier molecular flexibility index (Phi) is 5.10. The van der Waals surface area contributed by atoms with Crippen molar-refractivity contribution in [2.45, 2.75) is 25.5 Å². The third-order valence-corrected chi connectivity index (χ3v) is 4.01. The van der Waals surface area contributed by atoms with Crippen molar-refractivity contribution >= 4 is 11.9 Å². The van der Waals surface area contributed by atoms with Gasteiger partial charge in [-0.3, -0.25) is 4.79 Å². The zero-order chi connectivity index (χ0) is 17.1. The average molecular weight is 323 g/mol. The molecule has 126 valence electrons. The third kappa shape index (κ3) is 3.24. The number of aliphatic hydroxyl groups excluding tert-OH is 1. The van der Waals surface area contributed by atoms with Crippen molar-refractivity contribution < 1.29 is 28.9 Å². The quantitative estimate of drug-likeness (QED) is 0.824. The van der Waals surface area contributed by atoms with Crippen molar-refractivity contribution in [2.75, 3.05) is 27.9 Å². The molecule has 1 aromatic carbocycles. The monoisotopic (exact) mass is 323 g/mol. The lowest BCUT2D eigenvalue weighted by Gasteiger charge is -2.23. The Balaban J connectivity index is 2.37. The van der Waals surface area contributed by atoms with E-state index in [-0.39, 0.29) is 18.9 Å². The van der Waals surface area contributed by atoms with E-state index in [4.69, 9.17) is 14.2 Å². The molecule has 1 unspecified atom stereocenters. The summed E-state index contributed by atoms with van der Waals surface area (Å²) in [7, 11) is 4.27. The number of methoxy groups -OCH3 is 3. The van der Waals surface area contributed by atoms with E-state index in [1.165, 1.54) is 26.2 Å². The second-order valence-electron chi connectivity index (χ2n) is 5.39. The molecule has 1 saturated heterocycles. The second kappa shape index (κ2) is 6.87. The zero-order valence-electron chi connectivity index (χ0n) is 13.7. The summed E-state index contributed by atoms with van der Waals surface area (Å²) in [5.74, 6) is 0.110. The molecule has 1 aliphatic rings. The van der Waals surface area contributed by atoms with Crippen LogP contribution in [0.4, 0.5) is 0 Å². The van der Waals surface area contributed by atoms with E-state index >= 15 is 0 Å². The van der Waals surface area contributed by atoms with Gasteiger partial charge < -0.3 is 24.2 Å². The summed E-state index contributed by atoms with van der Waals surface area (Å²) in [4.78, 5) is 25.9. The van der Waals surface area contributed by atoms with Crippen molar-refractivity contribution in [2.24, 2.45) is 0 Å². The first-order valence-corrected chi connectivity index (χ1v) is 7.22. The van der Waals surface area contributed by atoms with E-state index < -0.39 is 18.1 Å². The molecule has 7 heteroatoms. The number of carbonyl (C=O) groups is 2. The topological polar surface area (TPSA) is 85.3 Å². The first-order chi connectivity index (χ1) is 10.9. The molecule has 0 saturated carbocycles. The van der Waals surface area contributed by atoms with E-state index in [2.05, 4.69) is 0 Å². The lowest BCUT2D eigenvalue weighted by Crippen LogP contribution is -2.41. The summed E-state index contributed by atoms with van der Waals surface area (Å²) in [6, 6.07) is 2.40. The molecule has 1 aromatic rings. The number of ether oxygens (including phenoxy) is 3. The smallest absolute Gasteiger partial charge is 0.328 e. The Hall–Kier alpha value is -2.28. The number of β-amino-alcohol motifs (C(OH)–C–C–N with tert-alkyl or cyclic N) is 1. The maximum Gasteiger partial charge on any atom is 0.328 e. The fourth-order valence-corrected chi connectivity index (χ4v) is 2.77. The van der Waals surface area contributed by atoms with Crippen LogP contribution in [0.25, 0.3) is 0 Å². The van der Waals surface area contributed by atoms with E-state index in [9.17, 15) is 14.7 Å². The van der Waals surface area contributed by atoms with Crippen LogP contribution in [-0.4, -0.2) is 61.9 Å². The highest BCUT2D eigenvalue weighted by Gasteiger charge is 2.40. The normalized spacial score (nSPS) is 20.3. The lowest BCUT2D eigenvalue weighted by molar-refractivity contribution is -0.145. The van der Waals surface area contributed by atoms with Gasteiger partial charge in [-0.1, -0.05) is 0 Å². The molecule has 0 spiro atoms. The third-order valence-electron chi connectivity index (χ3n) is 4.01. The minimum Gasteiger partial charge on any atom is -0.496 e. The average Bonchev–Trinajstić information content (AvgIpc) is 2.95. The van der Waals surface area contributed by atoms with Crippen LogP contribution >= 0.6 is 0 Å². The molecule has 1 aliphatic heterocycles. The van der Waals surface area contributed by atoms with Gasteiger partial charge in [0.2, 0.25) is 0 Å². The van der Waals surface area contributed by atoms with Gasteiger partial charge in [-0.05, 0) is 19.1 Å². The summed E-state index contributed by atoms with van der Waals surface area (Å²) < 4.78 is 15.2. The van der Waals surface area contributed by atoms with Crippen LogP contribution in [0, 0.1) is 6.92 Å². The molecule has 1 heterocycles. The summed E-state index contributed by atoms with van der Waals surface area (Å²) in [5.41, 5.74) is 1.10. The first kappa shape index (κ1) is 17.1. The van der Waals surface area contributed by atoms with E-state index in [1.807, 2.05) is 6.92 Å². The molecule has 0 aliphatic carbocycles. The van der Waals surface area contributed by atoms with Gasteiger partial charge in [-0.15, -0.1) is 0 Å². The van der Waals surface area contributed by atoms with Crippen molar-refractivity contribution in [3.05, 3.63) is 23.3 Å².